The van der Waals surface area contributed by atoms with E-state index in [-0.39, 0.29) is 29.6 Å². The molecule has 8 heteroatoms. The number of carbonyl (C=O) groups excluding carboxylic acids is 2. The topological polar surface area (TPSA) is 95.6 Å². The van der Waals surface area contributed by atoms with Gasteiger partial charge in [-0.25, -0.2) is 13.1 Å². The van der Waals surface area contributed by atoms with E-state index in [4.69, 9.17) is 0 Å². The second-order valence-electron chi connectivity index (χ2n) is 7.78. The molecule has 0 aliphatic heterocycles. The molecule has 0 atom stereocenters. The summed E-state index contributed by atoms with van der Waals surface area (Å²) in [6.07, 6.45) is 0.0266. The van der Waals surface area contributed by atoms with Crippen LogP contribution < -0.4 is 10.0 Å². The van der Waals surface area contributed by atoms with Crippen LogP contribution in [0, 0.1) is 0 Å². The standard InChI is InChI=1S/C23H31N3O4S/c1-17(2)26(4)16-21-8-6-5-7-20(21)15-24-23(28)13-14-25-31(29,30)22-11-9-19(10-12-22)18(3)27/h5-12,17,25H,13-16H2,1-4H3,(H,24,28). The number of benzene rings is 2. The summed E-state index contributed by atoms with van der Waals surface area (Å²) in [5, 5.41) is 2.86. The molecule has 0 aliphatic rings. The Hall–Kier alpha value is -2.55. The van der Waals surface area contributed by atoms with Crippen molar-refractivity contribution in [3.63, 3.8) is 0 Å². The Balaban J connectivity index is 1.85. The van der Waals surface area contributed by atoms with Crippen molar-refractivity contribution in [1.29, 1.82) is 0 Å². The number of rotatable bonds is 11. The lowest BCUT2D eigenvalue weighted by atomic mass is 10.1. The molecule has 2 aromatic rings. The fourth-order valence-corrected chi connectivity index (χ4v) is 3.90. The fraction of sp³-hybridized carbons (Fsp3) is 0.391. The first-order valence-corrected chi connectivity index (χ1v) is 11.7. The molecule has 2 aromatic carbocycles. The van der Waals surface area contributed by atoms with Gasteiger partial charge in [-0.2, -0.15) is 0 Å². The zero-order valence-corrected chi connectivity index (χ0v) is 19.3. The second-order valence-corrected chi connectivity index (χ2v) is 9.55. The monoisotopic (exact) mass is 445 g/mol. The summed E-state index contributed by atoms with van der Waals surface area (Å²) < 4.78 is 27.1. The molecule has 0 fully saturated rings. The van der Waals surface area contributed by atoms with Gasteiger partial charge in [-0.05, 0) is 51.1 Å². The Kier molecular flexibility index (Phi) is 8.91. The maximum atomic E-state index is 12.3. The first-order chi connectivity index (χ1) is 14.6. The van der Waals surface area contributed by atoms with Crippen LogP contribution in [0.2, 0.25) is 0 Å². The zero-order valence-electron chi connectivity index (χ0n) is 18.5. The van der Waals surface area contributed by atoms with Crippen molar-refractivity contribution >= 4 is 21.7 Å². The van der Waals surface area contributed by atoms with E-state index >= 15 is 0 Å². The Morgan fingerprint density at radius 3 is 2.19 bits per heavy atom. The van der Waals surface area contributed by atoms with Gasteiger partial charge in [0.25, 0.3) is 0 Å². The molecular formula is C23H31N3O4S. The SMILES string of the molecule is CC(=O)c1ccc(S(=O)(=O)NCCC(=O)NCc2ccccc2CN(C)C(C)C)cc1. The fourth-order valence-electron chi connectivity index (χ4n) is 2.87. The van der Waals surface area contributed by atoms with Gasteiger partial charge in [-0.15, -0.1) is 0 Å². The van der Waals surface area contributed by atoms with Crippen LogP contribution in [-0.2, 0) is 27.9 Å². The third-order valence-electron chi connectivity index (χ3n) is 5.11. The maximum absolute atomic E-state index is 12.3. The van der Waals surface area contributed by atoms with Crippen LogP contribution in [0.25, 0.3) is 0 Å². The van der Waals surface area contributed by atoms with Gasteiger partial charge < -0.3 is 5.32 Å². The first-order valence-electron chi connectivity index (χ1n) is 10.2. The summed E-state index contributed by atoms with van der Waals surface area (Å²) in [5.74, 6) is -0.368. The largest absolute Gasteiger partial charge is 0.352 e. The van der Waals surface area contributed by atoms with E-state index in [0.717, 1.165) is 17.7 Å². The third kappa shape index (κ3) is 7.57. The number of nitrogens with zero attached hydrogens (tertiary/aromatic N) is 1. The summed E-state index contributed by atoms with van der Waals surface area (Å²) in [7, 11) is -1.69. The number of amides is 1. The molecule has 0 aromatic heterocycles. The van der Waals surface area contributed by atoms with Crippen LogP contribution in [0.1, 0.15) is 48.7 Å². The number of hydrogen-bond acceptors (Lipinski definition) is 5. The summed E-state index contributed by atoms with van der Waals surface area (Å²) in [4.78, 5) is 25.8. The van der Waals surface area contributed by atoms with E-state index in [1.165, 1.54) is 31.2 Å². The molecule has 0 saturated carbocycles. The molecule has 0 aliphatic carbocycles. The molecule has 1 amide bonds. The molecular weight excluding hydrogens is 414 g/mol. The van der Waals surface area contributed by atoms with E-state index in [0.29, 0.717) is 18.2 Å². The summed E-state index contributed by atoms with van der Waals surface area (Å²) in [5.41, 5.74) is 2.63. The van der Waals surface area contributed by atoms with E-state index in [9.17, 15) is 18.0 Å². The molecule has 2 N–H and O–H groups in total. The van der Waals surface area contributed by atoms with Crippen molar-refractivity contribution in [1.82, 2.24) is 14.9 Å². The molecule has 0 heterocycles. The van der Waals surface area contributed by atoms with Crippen LogP contribution in [0.3, 0.4) is 0 Å². The van der Waals surface area contributed by atoms with E-state index in [2.05, 4.69) is 35.8 Å². The molecule has 0 radical (unpaired) electrons. The number of ketones is 1. The molecule has 0 bridgehead atoms. The zero-order chi connectivity index (χ0) is 23.0. The summed E-state index contributed by atoms with van der Waals surface area (Å²) in [6, 6.07) is 14.1. The highest BCUT2D eigenvalue weighted by molar-refractivity contribution is 7.89. The number of nitrogens with one attached hydrogen (secondary N) is 2. The van der Waals surface area contributed by atoms with Crippen molar-refractivity contribution in [2.24, 2.45) is 0 Å². The molecule has 7 nitrogen and oxygen atoms in total. The van der Waals surface area contributed by atoms with Crippen LogP contribution in [-0.4, -0.2) is 44.6 Å². The highest BCUT2D eigenvalue weighted by Crippen LogP contribution is 2.13. The van der Waals surface area contributed by atoms with Gasteiger partial charge in [0.1, 0.15) is 0 Å². The molecule has 0 spiro atoms. The predicted octanol–water partition coefficient (Wildman–Crippen LogP) is 2.71. The minimum absolute atomic E-state index is 0.0135. The van der Waals surface area contributed by atoms with Gasteiger partial charge in [0.05, 0.1) is 4.90 Å². The smallest absolute Gasteiger partial charge is 0.240 e. The Morgan fingerprint density at radius 2 is 1.61 bits per heavy atom. The predicted molar refractivity (Wildman–Crippen MR) is 121 cm³/mol. The van der Waals surface area contributed by atoms with Crippen molar-refractivity contribution in [3.05, 3.63) is 65.2 Å². The van der Waals surface area contributed by atoms with Gasteiger partial charge in [0.2, 0.25) is 15.9 Å². The van der Waals surface area contributed by atoms with Crippen molar-refractivity contribution in [3.8, 4) is 0 Å². The average Bonchev–Trinajstić information content (AvgIpc) is 2.73. The second kappa shape index (κ2) is 11.2. The van der Waals surface area contributed by atoms with Crippen molar-refractivity contribution < 1.29 is 18.0 Å². The number of sulfonamides is 1. The Labute approximate surface area is 184 Å². The molecule has 31 heavy (non-hydrogen) atoms. The van der Waals surface area contributed by atoms with Gasteiger partial charge in [-0.3, -0.25) is 14.5 Å². The molecule has 0 unspecified atom stereocenters. The minimum atomic E-state index is -3.74. The quantitative estimate of drug-likeness (QED) is 0.519. The molecule has 2 rings (SSSR count). The third-order valence-corrected chi connectivity index (χ3v) is 6.59. The van der Waals surface area contributed by atoms with Gasteiger partial charge in [0, 0.05) is 37.7 Å². The lowest BCUT2D eigenvalue weighted by Gasteiger charge is -2.22. The number of carbonyl (C=O) groups is 2. The van der Waals surface area contributed by atoms with Gasteiger partial charge in [-0.1, -0.05) is 36.4 Å². The maximum Gasteiger partial charge on any atom is 0.240 e. The Morgan fingerprint density at radius 1 is 1.00 bits per heavy atom. The lowest BCUT2D eigenvalue weighted by Crippen LogP contribution is -2.31. The van der Waals surface area contributed by atoms with E-state index in [1.807, 2.05) is 24.3 Å². The Bertz CT molecular complexity index is 1000. The summed E-state index contributed by atoms with van der Waals surface area (Å²) >= 11 is 0. The highest BCUT2D eigenvalue weighted by Gasteiger charge is 2.15. The molecule has 168 valence electrons. The van der Waals surface area contributed by atoms with Crippen molar-refractivity contribution in [2.45, 2.75) is 51.2 Å². The van der Waals surface area contributed by atoms with Gasteiger partial charge >= 0.3 is 0 Å². The molecule has 0 saturated heterocycles. The van der Waals surface area contributed by atoms with Crippen LogP contribution in [0.4, 0.5) is 0 Å². The number of hydrogen-bond donors (Lipinski definition) is 2. The van der Waals surface area contributed by atoms with Gasteiger partial charge in [0.15, 0.2) is 5.78 Å². The summed E-state index contributed by atoms with van der Waals surface area (Å²) in [6.45, 7) is 6.83. The highest BCUT2D eigenvalue weighted by atomic mass is 32.2. The average molecular weight is 446 g/mol. The van der Waals surface area contributed by atoms with Crippen LogP contribution in [0.5, 0.6) is 0 Å². The van der Waals surface area contributed by atoms with Crippen LogP contribution >= 0.6 is 0 Å². The lowest BCUT2D eigenvalue weighted by molar-refractivity contribution is -0.121. The van der Waals surface area contributed by atoms with Crippen molar-refractivity contribution in [2.75, 3.05) is 13.6 Å². The normalized spacial score (nSPS) is 11.7. The first kappa shape index (κ1) is 24.7. The van der Waals surface area contributed by atoms with E-state index in [1.54, 1.807) is 0 Å². The van der Waals surface area contributed by atoms with E-state index < -0.39 is 10.0 Å². The minimum Gasteiger partial charge on any atom is -0.352 e. The van der Waals surface area contributed by atoms with Crippen LogP contribution in [0.15, 0.2) is 53.4 Å². The number of Topliss-reactive ketones (excluding diaryl/α,β-unsaturated/α-hetero) is 1.